The largest absolute Gasteiger partial charge is 0.507 e. The van der Waals surface area contributed by atoms with Crippen molar-refractivity contribution in [3.8, 4) is 17.2 Å². The number of rotatable bonds is 6. The Morgan fingerprint density at radius 3 is 1.22 bits per heavy atom. The molecule has 4 aromatic rings. The van der Waals surface area contributed by atoms with Gasteiger partial charge in [0.2, 0.25) is 0 Å². The van der Waals surface area contributed by atoms with Gasteiger partial charge in [0.25, 0.3) is 0 Å². The van der Waals surface area contributed by atoms with E-state index in [1.54, 1.807) is 0 Å². The van der Waals surface area contributed by atoms with Crippen LogP contribution in [0.4, 0.5) is 0 Å². The third-order valence-electron chi connectivity index (χ3n) is 8.12. The monoisotopic (exact) mass is 480 g/mol. The Kier molecular flexibility index (Phi) is 6.86. The third kappa shape index (κ3) is 4.13. The van der Waals surface area contributed by atoms with Crippen molar-refractivity contribution in [2.45, 2.75) is 59.8 Å². The van der Waals surface area contributed by atoms with E-state index in [9.17, 15) is 15.3 Å². The van der Waals surface area contributed by atoms with Crippen LogP contribution >= 0.6 is 0 Å². The van der Waals surface area contributed by atoms with Gasteiger partial charge in [-0.1, -0.05) is 66.7 Å². The van der Waals surface area contributed by atoms with Crippen LogP contribution in [0.1, 0.15) is 62.1 Å². The standard InChI is InChI=1S/C33H36O3/c1-20-12-15-27(30(34)23(20)4)33(19-18-26-10-8-7-9-11-26,28-16-13-21(2)24(5)31(28)35)29-17-14-22(3)25(6)32(29)36/h7-17,34-36H,18-19H2,1-6H3. The van der Waals surface area contributed by atoms with Crippen LogP contribution in [0, 0.1) is 41.5 Å². The molecule has 0 amide bonds. The average molecular weight is 481 g/mol. The van der Waals surface area contributed by atoms with Gasteiger partial charge in [0.05, 0.1) is 5.41 Å². The highest BCUT2D eigenvalue weighted by atomic mass is 16.3. The second kappa shape index (κ2) is 9.73. The SMILES string of the molecule is Cc1ccc(C(CCc2ccccc2)(c2ccc(C)c(C)c2O)c2ccc(C)c(C)c2O)c(O)c1C. The molecule has 3 heteroatoms. The third-order valence-corrected chi connectivity index (χ3v) is 8.12. The van der Waals surface area contributed by atoms with Crippen LogP contribution in [-0.4, -0.2) is 15.3 Å². The lowest BCUT2D eigenvalue weighted by Crippen LogP contribution is -2.31. The maximum absolute atomic E-state index is 11.6. The zero-order valence-electron chi connectivity index (χ0n) is 22.1. The smallest absolute Gasteiger partial charge is 0.123 e. The van der Waals surface area contributed by atoms with Crippen molar-refractivity contribution in [2.75, 3.05) is 0 Å². The van der Waals surface area contributed by atoms with E-state index in [0.29, 0.717) is 29.5 Å². The molecule has 4 aromatic carbocycles. The Labute approximate surface area is 214 Å². The van der Waals surface area contributed by atoms with E-state index in [1.807, 2.05) is 96.1 Å². The van der Waals surface area contributed by atoms with Gasteiger partial charge in [-0.15, -0.1) is 0 Å². The van der Waals surface area contributed by atoms with Crippen molar-refractivity contribution in [2.24, 2.45) is 0 Å². The van der Waals surface area contributed by atoms with Crippen molar-refractivity contribution >= 4 is 0 Å². The Morgan fingerprint density at radius 2 is 0.861 bits per heavy atom. The first-order chi connectivity index (χ1) is 17.1. The Morgan fingerprint density at radius 1 is 0.500 bits per heavy atom. The lowest BCUT2D eigenvalue weighted by molar-refractivity contribution is 0.406. The number of phenols is 3. The molecule has 186 valence electrons. The molecule has 3 nitrogen and oxygen atoms in total. The first-order valence-corrected chi connectivity index (χ1v) is 12.5. The molecule has 0 radical (unpaired) electrons. The summed E-state index contributed by atoms with van der Waals surface area (Å²) in [5.74, 6) is 0.579. The maximum atomic E-state index is 11.6. The van der Waals surface area contributed by atoms with Crippen molar-refractivity contribution in [3.05, 3.63) is 122 Å². The summed E-state index contributed by atoms with van der Waals surface area (Å²) in [6.45, 7) is 11.7. The van der Waals surface area contributed by atoms with Gasteiger partial charge in [-0.05, 0) is 93.3 Å². The predicted molar refractivity (Wildman–Crippen MR) is 147 cm³/mol. The van der Waals surface area contributed by atoms with Gasteiger partial charge in [0.1, 0.15) is 17.2 Å². The molecule has 0 atom stereocenters. The molecule has 0 aromatic heterocycles. The van der Waals surface area contributed by atoms with Crippen LogP contribution in [0.2, 0.25) is 0 Å². The van der Waals surface area contributed by atoms with Gasteiger partial charge in [-0.3, -0.25) is 0 Å². The summed E-state index contributed by atoms with van der Waals surface area (Å²) >= 11 is 0. The fourth-order valence-electron chi connectivity index (χ4n) is 5.25. The summed E-state index contributed by atoms with van der Waals surface area (Å²) in [6, 6.07) is 22.1. The maximum Gasteiger partial charge on any atom is 0.123 e. The molecular weight excluding hydrogens is 444 g/mol. The summed E-state index contributed by atoms with van der Waals surface area (Å²) in [5, 5.41) is 34.8. The summed E-state index contributed by atoms with van der Waals surface area (Å²) < 4.78 is 0. The molecule has 0 heterocycles. The highest BCUT2D eigenvalue weighted by molar-refractivity contribution is 5.66. The molecule has 0 fully saturated rings. The molecule has 0 spiro atoms. The van der Waals surface area contributed by atoms with E-state index in [1.165, 1.54) is 0 Å². The molecule has 0 bridgehead atoms. The molecule has 0 aliphatic carbocycles. The van der Waals surface area contributed by atoms with Gasteiger partial charge in [0, 0.05) is 16.7 Å². The van der Waals surface area contributed by atoms with Crippen molar-refractivity contribution < 1.29 is 15.3 Å². The van der Waals surface area contributed by atoms with Gasteiger partial charge in [-0.2, -0.15) is 0 Å². The van der Waals surface area contributed by atoms with Gasteiger partial charge >= 0.3 is 0 Å². The topological polar surface area (TPSA) is 60.7 Å². The number of aryl methyl sites for hydroxylation is 4. The highest BCUT2D eigenvalue weighted by Crippen LogP contribution is 2.53. The fourth-order valence-corrected chi connectivity index (χ4v) is 5.25. The van der Waals surface area contributed by atoms with Crippen LogP contribution in [0.25, 0.3) is 0 Å². The normalized spacial score (nSPS) is 11.6. The predicted octanol–water partition coefficient (Wildman–Crippen LogP) is 7.62. The molecule has 3 N–H and O–H groups in total. The Hall–Kier alpha value is -3.72. The Bertz CT molecular complexity index is 1280. The first kappa shape index (κ1) is 25.4. The minimum absolute atomic E-state index is 0.193. The molecule has 4 rings (SSSR count). The number of aromatic hydroxyl groups is 3. The van der Waals surface area contributed by atoms with E-state index >= 15 is 0 Å². The van der Waals surface area contributed by atoms with Gasteiger partial charge in [0.15, 0.2) is 0 Å². The minimum atomic E-state index is -0.997. The van der Waals surface area contributed by atoms with Crippen molar-refractivity contribution in [1.29, 1.82) is 0 Å². The molecule has 0 aliphatic rings. The van der Waals surface area contributed by atoms with Crippen molar-refractivity contribution in [1.82, 2.24) is 0 Å². The first-order valence-electron chi connectivity index (χ1n) is 12.5. The number of hydrogen-bond acceptors (Lipinski definition) is 3. The van der Waals surface area contributed by atoms with E-state index in [-0.39, 0.29) is 17.2 Å². The molecule has 36 heavy (non-hydrogen) atoms. The van der Waals surface area contributed by atoms with Crippen molar-refractivity contribution in [3.63, 3.8) is 0 Å². The molecule has 0 aliphatic heterocycles. The van der Waals surface area contributed by atoms with Crippen LogP contribution < -0.4 is 0 Å². The van der Waals surface area contributed by atoms with Gasteiger partial charge in [-0.25, -0.2) is 0 Å². The lowest BCUT2D eigenvalue weighted by Gasteiger charge is -2.38. The molecular formula is C33H36O3. The fraction of sp³-hybridized carbons (Fsp3) is 0.273. The van der Waals surface area contributed by atoms with Gasteiger partial charge < -0.3 is 15.3 Å². The summed E-state index contributed by atoms with van der Waals surface area (Å²) in [7, 11) is 0. The second-order valence-corrected chi connectivity index (χ2v) is 10.1. The quantitative estimate of drug-likeness (QED) is 0.249. The van der Waals surface area contributed by atoms with E-state index < -0.39 is 5.41 Å². The number of phenolic OH excluding ortho intramolecular Hbond substituents is 3. The zero-order chi connectivity index (χ0) is 26.2. The van der Waals surface area contributed by atoms with Crippen LogP contribution in [0.3, 0.4) is 0 Å². The lowest BCUT2D eigenvalue weighted by atomic mass is 9.64. The Balaban J connectivity index is 2.15. The molecule has 0 saturated heterocycles. The van der Waals surface area contributed by atoms with Crippen LogP contribution in [0.5, 0.6) is 17.2 Å². The van der Waals surface area contributed by atoms with E-state index in [0.717, 1.165) is 38.9 Å². The highest BCUT2D eigenvalue weighted by Gasteiger charge is 2.43. The average Bonchev–Trinajstić information content (AvgIpc) is 2.87. The van der Waals surface area contributed by atoms with Crippen LogP contribution in [-0.2, 0) is 11.8 Å². The molecule has 0 saturated carbocycles. The summed E-state index contributed by atoms with van der Waals surface area (Å²) in [5.41, 5.74) is 7.54. The zero-order valence-corrected chi connectivity index (χ0v) is 22.1. The summed E-state index contributed by atoms with van der Waals surface area (Å²) in [4.78, 5) is 0. The number of benzene rings is 4. The number of hydrogen-bond donors (Lipinski definition) is 3. The minimum Gasteiger partial charge on any atom is -0.507 e. The summed E-state index contributed by atoms with van der Waals surface area (Å²) in [6.07, 6.45) is 1.23. The second-order valence-electron chi connectivity index (χ2n) is 10.1. The molecule has 0 unspecified atom stereocenters. The van der Waals surface area contributed by atoms with E-state index in [4.69, 9.17) is 0 Å². The van der Waals surface area contributed by atoms with Crippen LogP contribution in [0.15, 0.2) is 66.7 Å². The van der Waals surface area contributed by atoms with E-state index in [2.05, 4.69) is 12.1 Å².